The first kappa shape index (κ1) is 9.40. The maximum absolute atomic E-state index is 5.54. The van der Waals surface area contributed by atoms with Gasteiger partial charge in [0.2, 0.25) is 0 Å². The van der Waals surface area contributed by atoms with E-state index in [1.54, 1.807) is 0 Å². The summed E-state index contributed by atoms with van der Waals surface area (Å²) in [6, 6.07) is 8.05. The van der Waals surface area contributed by atoms with Gasteiger partial charge in [-0.05, 0) is 24.1 Å². The van der Waals surface area contributed by atoms with Crippen molar-refractivity contribution < 1.29 is 0 Å². The van der Waals surface area contributed by atoms with Gasteiger partial charge in [-0.1, -0.05) is 28.1 Å². The Kier molecular flexibility index (Phi) is 2.63. The van der Waals surface area contributed by atoms with Crippen LogP contribution in [0.4, 0.5) is 0 Å². The van der Waals surface area contributed by atoms with Crippen molar-refractivity contribution >= 4 is 27.5 Å². The Balaban J connectivity index is 2.32. The molecule has 0 saturated carbocycles. The summed E-state index contributed by atoms with van der Waals surface area (Å²) in [6.45, 7) is 0. The van der Waals surface area contributed by atoms with Crippen molar-refractivity contribution in [2.45, 2.75) is 12.8 Å². The van der Waals surface area contributed by atoms with Gasteiger partial charge in [0.25, 0.3) is 0 Å². The van der Waals surface area contributed by atoms with Gasteiger partial charge in [0.05, 0.1) is 5.71 Å². The summed E-state index contributed by atoms with van der Waals surface area (Å²) >= 11 is 3.43. The van der Waals surface area contributed by atoms with Crippen LogP contribution in [-0.4, -0.2) is 11.5 Å². The fourth-order valence-electron chi connectivity index (χ4n) is 1.34. The lowest BCUT2D eigenvalue weighted by molar-refractivity contribution is 1.02. The first-order valence-corrected chi connectivity index (χ1v) is 5.20. The van der Waals surface area contributed by atoms with Gasteiger partial charge in [-0.25, -0.2) is 0 Å². The predicted molar refractivity (Wildman–Crippen MR) is 61.5 cm³/mol. The molecule has 1 heterocycles. The van der Waals surface area contributed by atoms with Gasteiger partial charge in [-0.3, -0.25) is 0 Å². The van der Waals surface area contributed by atoms with Crippen LogP contribution in [0.15, 0.2) is 38.9 Å². The lowest BCUT2D eigenvalue weighted by Crippen LogP contribution is -2.17. The fourth-order valence-corrected chi connectivity index (χ4v) is 1.74. The maximum atomic E-state index is 5.54. The van der Waals surface area contributed by atoms with Crippen LogP contribution in [0.5, 0.6) is 0 Å². The minimum Gasteiger partial charge on any atom is -0.386 e. The molecule has 2 rings (SSSR count). The molecule has 0 amide bonds. The maximum Gasteiger partial charge on any atom is 0.122 e. The average Bonchev–Trinajstić information content (AvgIpc) is 2.19. The number of nitrogens with two attached hydrogens (primary N) is 1. The molecule has 3 nitrogen and oxygen atoms in total. The summed E-state index contributed by atoms with van der Waals surface area (Å²) in [5, 5.41) is 7.97. The van der Waals surface area contributed by atoms with Crippen molar-refractivity contribution in [3.8, 4) is 0 Å². The molecule has 0 bridgehead atoms. The van der Waals surface area contributed by atoms with E-state index in [1.165, 1.54) is 0 Å². The molecule has 1 aliphatic heterocycles. The van der Waals surface area contributed by atoms with E-state index in [0.717, 1.165) is 28.6 Å². The van der Waals surface area contributed by atoms with Gasteiger partial charge < -0.3 is 5.73 Å². The molecule has 2 N–H and O–H groups in total. The van der Waals surface area contributed by atoms with Crippen LogP contribution in [0.25, 0.3) is 0 Å². The van der Waals surface area contributed by atoms with Gasteiger partial charge in [0.15, 0.2) is 0 Å². The Labute approximate surface area is 90.9 Å². The molecule has 4 heteroatoms. The van der Waals surface area contributed by atoms with E-state index < -0.39 is 0 Å². The number of benzene rings is 1. The lowest BCUT2D eigenvalue weighted by Gasteiger charge is -2.09. The largest absolute Gasteiger partial charge is 0.386 e. The summed E-state index contributed by atoms with van der Waals surface area (Å²) in [7, 11) is 0. The monoisotopic (exact) mass is 251 g/mol. The number of hydrogen-bond acceptors (Lipinski definition) is 3. The second-order valence-electron chi connectivity index (χ2n) is 3.15. The SMILES string of the molecule is NC1=NN=C(c2cccc(Br)c2)CC1. The third-order valence-electron chi connectivity index (χ3n) is 2.07. The second kappa shape index (κ2) is 3.92. The molecule has 0 fully saturated rings. The van der Waals surface area contributed by atoms with E-state index in [-0.39, 0.29) is 0 Å². The van der Waals surface area contributed by atoms with Crippen LogP contribution in [0.2, 0.25) is 0 Å². The van der Waals surface area contributed by atoms with Gasteiger partial charge in [0, 0.05) is 10.9 Å². The molecule has 1 aliphatic rings. The molecule has 14 heavy (non-hydrogen) atoms. The van der Waals surface area contributed by atoms with Crippen LogP contribution in [0.3, 0.4) is 0 Å². The summed E-state index contributed by atoms with van der Waals surface area (Å²) in [5.41, 5.74) is 7.65. The summed E-state index contributed by atoms with van der Waals surface area (Å²) < 4.78 is 1.06. The van der Waals surface area contributed by atoms with E-state index in [2.05, 4.69) is 26.1 Å². The number of nitrogens with zero attached hydrogens (tertiary/aromatic N) is 2. The highest BCUT2D eigenvalue weighted by atomic mass is 79.9. The van der Waals surface area contributed by atoms with E-state index in [9.17, 15) is 0 Å². The zero-order valence-corrected chi connectivity index (χ0v) is 9.16. The number of amidine groups is 1. The molecule has 0 aromatic heterocycles. The molecule has 1 aromatic rings. The minimum atomic E-state index is 0.615. The van der Waals surface area contributed by atoms with Crippen LogP contribution >= 0.6 is 15.9 Å². The third-order valence-corrected chi connectivity index (χ3v) is 2.57. The zero-order valence-electron chi connectivity index (χ0n) is 7.57. The highest BCUT2D eigenvalue weighted by Crippen LogP contribution is 2.16. The topological polar surface area (TPSA) is 50.7 Å². The van der Waals surface area contributed by atoms with Crippen LogP contribution in [0, 0.1) is 0 Å². The normalized spacial score (nSPS) is 16.1. The van der Waals surface area contributed by atoms with Crippen LogP contribution < -0.4 is 5.73 Å². The van der Waals surface area contributed by atoms with E-state index in [0.29, 0.717) is 5.84 Å². The lowest BCUT2D eigenvalue weighted by atomic mass is 10.1. The fraction of sp³-hybridized carbons (Fsp3) is 0.200. The van der Waals surface area contributed by atoms with Gasteiger partial charge in [-0.15, -0.1) is 5.10 Å². The van der Waals surface area contributed by atoms with Crippen molar-refractivity contribution in [3.05, 3.63) is 34.3 Å². The molecular weight excluding hydrogens is 242 g/mol. The zero-order chi connectivity index (χ0) is 9.97. The van der Waals surface area contributed by atoms with E-state index >= 15 is 0 Å². The second-order valence-corrected chi connectivity index (χ2v) is 4.06. The molecule has 1 aromatic carbocycles. The smallest absolute Gasteiger partial charge is 0.122 e. The van der Waals surface area contributed by atoms with Crippen molar-refractivity contribution in [2.75, 3.05) is 0 Å². The molecule has 0 unspecified atom stereocenters. The van der Waals surface area contributed by atoms with E-state index in [4.69, 9.17) is 5.73 Å². The summed E-state index contributed by atoms with van der Waals surface area (Å²) in [6.07, 6.45) is 1.66. The number of halogens is 1. The Morgan fingerprint density at radius 3 is 2.71 bits per heavy atom. The van der Waals surface area contributed by atoms with E-state index in [1.807, 2.05) is 24.3 Å². The Morgan fingerprint density at radius 1 is 1.21 bits per heavy atom. The predicted octanol–water partition coefficient (Wildman–Crippen LogP) is 2.30. The molecule has 0 radical (unpaired) electrons. The Morgan fingerprint density at radius 2 is 2.07 bits per heavy atom. The molecule has 72 valence electrons. The van der Waals surface area contributed by atoms with Gasteiger partial charge in [-0.2, -0.15) is 5.10 Å². The van der Waals surface area contributed by atoms with Gasteiger partial charge in [0.1, 0.15) is 5.84 Å². The quantitative estimate of drug-likeness (QED) is 0.819. The Bertz CT molecular complexity index is 410. The van der Waals surface area contributed by atoms with Crippen molar-refractivity contribution in [1.29, 1.82) is 0 Å². The molecule has 0 aliphatic carbocycles. The number of hydrogen-bond donors (Lipinski definition) is 1. The average molecular weight is 252 g/mol. The summed E-state index contributed by atoms with van der Waals surface area (Å²) in [5.74, 6) is 0.615. The molecule has 0 atom stereocenters. The Hall–Kier alpha value is -1.16. The van der Waals surface area contributed by atoms with Crippen molar-refractivity contribution in [1.82, 2.24) is 0 Å². The van der Waals surface area contributed by atoms with Crippen molar-refractivity contribution in [2.24, 2.45) is 15.9 Å². The highest BCUT2D eigenvalue weighted by Gasteiger charge is 2.09. The molecule has 0 saturated heterocycles. The third kappa shape index (κ3) is 2.01. The van der Waals surface area contributed by atoms with Crippen LogP contribution in [0.1, 0.15) is 18.4 Å². The van der Waals surface area contributed by atoms with Crippen LogP contribution in [-0.2, 0) is 0 Å². The highest BCUT2D eigenvalue weighted by molar-refractivity contribution is 9.10. The van der Waals surface area contributed by atoms with Gasteiger partial charge >= 0.3 is 0 Å². The molecular formula is C10H10BrN3. The first-order valence-electron chi connectivity index (χ1n) is 4.40. The first-order chi connectivity index (χ1) is 6.75. The minimum absolute atomic E-state index is 0.615. The number of rotatable bonds is 1. The van der Waals surface area contributed by atoms with Crippen molar-refractivity contribution in [3.63, 3.8) is 0 Å². The molecule has 0 spiro atoms. The summed E-state index contributed by atoms with van der Waals surface area (Å²) in [4.78, 5) is 0. The standard InChI is InChI=1S/C10H10BrN3/c11-8-3-1-2-7(6-8)9-4-5-10(12)14-13-9/h1-3,6H,4-5H2,(H2,12,14).